The van der Waals surface area contributed by atoms with E-state index in [0.717, 1.165) is 15.6 Å². The molecule has 1 amide bonds. The molecule has 0 bridgehead atoms. The zero-order valence-corrected chi connectivity index (χ0v) is 12.4. The summed E-state index contributed by atoms with van der Waals surface area (Å²) in [4.78, 5) is 22.5. The second-order valence-electron chi connectivity index (χ2n) is 4.33. The number of nitrogens with zero attached hydrogens (tertiary/aromatic N) is 2. The maximum atomic E-state index is 12.2. The van der Waals surface area contributed by atoms with E-state index >= 15 is 0 Å². The van der Waals surface area contributed by atoms with E-state index < -0.39 is 0 Å². The van der Waals surface area contributed by atoms with Gasteiger partial charge in [0.15, 0.2) is 5.13 Å². The van der Waals surface area contributed by atoms with Crippen molar-refractivity contribution in [3.8, 4) is 0 Å². The summed E-state index contributed by atoms with van der Waals surface area (Å²) in [6.45, 7) is 7.96. The summed E-state index contributed by atoms with van der Waals surface area (Å²) >= 11 is 2.90. The van der Waals surface area contributed by atoms with Gasteiger partial charge in [0.25, 0.3) is 5.91 Å². The molecule has 2 rings (SSSR count). The molecule has 0 fully saturated rings. The first-order chi connectivity index (χ1) is 8.47. The molecule has 96 valence electrons. The summed E-state index contributed by atoms with van der Waals surface area (Å²) in [5, 5.41) is 4.38. The van der Waals surface area contributed by atoms with Gasteiger partial charge in [-0.1, -0.05) is 13.8 Å². The van der Waals surface area contributed by atoms with E-state index in [-0.39, 0.29) is 11.8 Å². The Balaban J connectivity index is 2.23. The largest absolute Gasteiger partial charge is 0.297 e. The van der Waals surface area contributed by atoms with E-state index in [1.54, 1.807) is 6.20 Å². The van der Waals surface area contributed by atoms with Crippen molar-refractivity contribution in [2.45, 2.75) is 33.6 Å². The first kappa shape index (κ1) is 13.2. The minimum Gasteiger partial charge on any atom is -0.297 e. The summed E-state index contributed by atoms with van der Waals surface area (Å²) in [5.41, 5.74) is 0.864. The van der Waals surface area contributed by atoms with Crippen LogP contribution in [0.5, 0.6) is 0 Å². The zero-order valence-electron chi connectivity index (χ0n) is 10.8. The molecule has 0 aliphatic rings. The van der Waals surface area contributed by atoms with Gasteiger partial charge < -0.3 is 0 Å². The van der Waals surface area contributed by atoms with Crippen LogP contribution in [0.4, 0.5) is 5.13 Å². The lowest BCUT2D eigenvalue weighted by Crippen LogP contribution is -2.12. The maximum Gasteiger partial charge on any atom is 0.269 e. The molecule has 2 aromatic rings. The van der Waals surface area contributed by atoms with Crippen molar-refractivity contribution in [1.82, 2.24) is 9.97 Å². The van der Waals surface area contributed by atoms with Crippen LogP contribution < -0.4 is 5.32 Å². The maximum absolute atomic E-state index is 12.2. The van der Waals surface area contributed by atoms with E-state index in [9.17, 15) is 4.79 Å². The number of thiazole rings is 2. The Morgan fingerprint density at radius 2 is 2.06 bits per heavy atom. The Labute approximate surface area is 114 Å². The summed E-state index contributed by atoms with van der Waals surface area (Å²) in [5.74, 6) is 0.132. The van der Waals surface area contributed by atoms with Gasteiger partial charge in [-0.15, -0.1) is 22.7 Å². The third kappa shape index (κ3) is 2.76. The number of nitrogens with one attached hydrogen (secondary N) is 1. The second kappa shape index (κ2) is 5.16. The van der Waals surface area contributed by atoms with Gasteiger partial charge in [0, 0.05) is 11.1 Å². The van der Waals surface area contributed by atoms with E-state index in [2.05, 4.69) is 15.3 Å². The van der Waals surface area contributed by atoms with Crippen LogP contribution in [-0.2, 0) is 0 Å². The molecule has 18 heavy (non-hydrogen) atoms. The molecule has 0 spiro atoms. The second-order valence-corrected chi connectivity index (χ2v) is 6.77. The van der Waals surface area contributed by atoms with Gasteiger partial charge in [-0.2, -0.15) is 0 Å². The summed E-state index contributed by atoms with van der Waals surface area (Å²) < 4.78 is 0. The van der Waals surface area contributed by atoms with E-state index in [4.69, 9.17) is 0 Å². The van der Waals surface area contributed by atoms with Crippen LogP contribution in [0.25, 0.3) is 0 Å². The molecule has 0 aromatic carbocycles. The number of aryl methyl sites for hydroxylation is 2. The average Bonchev–Trinajstić information content (AvgIpc) is 2.85. The zero-order chi connectivity index (χ0) is 13.3. The van der Waals surface area contributed by atoms with Crippen LogP contribution in [0.3, 0.4) is 0 Å². The summed E-state index contributed by atoms with van der Waals surface area (Å²) in [7, 11) is 0. The lowest BCUT2D eigenvalue weighted by molar-refractivity contribution is 0.102. The standard InChI is InChI=1S/C12H15N3OS2/c1-6(2)9-10(18-8(4)14-9)11(16)15-12-13-5-7(3)17-12/h5-6H,1-4H3,(H,13,15,16). The molecule has 0 radical (unpaired) electrons. The highest BCUT2D eigenvalue weighted by Gasteiger charge is 2.19. The third-order valence-electron chi connectivity index (χ3n) is 2.36. The quantitative estimate of drug-likeness (QED) is 0.935. The Hall–Kier alpha value is -1.27. The number of carbonyl (C=O) groups is 1. The van der Waals surface area contributed by atoms with Gasteiger partial charge in [0.1, 0.15) is 4.88 Å². The summed E-state index contributed by atoms with van der Waals surface area (Å²) in [6, 6.07) is 0. The molecule has 6 heteroatoms. The van der Waals surface area contributed by atoms with E-state index in [0.29, 0.717) is 10.0 Å². The van der Waals surface area contributed by atoms with Crippen LogP contribution >= 0.6 is 22.7 Å². The first-order valence-corrected chi connectivity index (χ1v) is 7.31. The predicted molar refractivity (Wildman–Crippen MR) is 75.7 cm³/mol. The summed E-state index contributed by atoms with van der Waals surface area (Å²) in [6.07, 6.45) is 1.75. The van der Waals surface area contributed by atoms with Gasteiger partial charge in [-0.05, 0) is 19.8 Å². The molecule has 0 saturated carbocycles. The number of amides is 1. The fourth-order valence-electron chi connectivity index (χ4n) is 1.56. The van der Waals surface area contributed by atoms with Crippen molar-refractivity contribution in [2.75, 3.05) is 5.32 Å². The number of rotatable bonds is 3. The van der Waals surface area contributed by atoms with Gasteiger partial charge in [0.2, 0.25) is 0 Å². The number of hydrogen-bond acceptors (Lipinski definition) is 5. The van der Waals surface area contributed by atoms with Gasteiger partial charge >= 0.3 is 0 Å². The lowest BCUT2D eigenvalue weighted by Gasteiger charge is -2.04. The van der Waals surface area contributed by atoms with Crippen molar-refractivity contribution in [3.63, 3.8) is 0 Å². The molecular weight excluding hydrogens is 266 g/mol. The van der Waals surface area contributed by atoms with Crippen molar-refractivity contribution < 1.29 is 4.79 Å². The Morgan fingerprint density at radius 1 is 1.33 bits per heavy atom. The molecule has 2 aromatic heterocycles. The number of hydrogen-bond donors (Lipinski definition) is 1. The monoisotopic (exact) mass is 281 g/mol. The lowest BCUT2D eigenvalue weighted by atomic mass is 10.1. The van der Waals surface area contributed by atoms with Crippen LogP contribution in [0, 0.1) is 13.8 Å². The van der Waals surface area contributed by atoms with Crippen LogP contribution in [0.1, 0.15) is 45.0 Å². The van der Waals surface area contributed by atoms with Gasteiger partial charge in [-0.25, -0.2) is 9.97 Å². The molecule has 1 N–H and O–H groups in total. The van der Waals surface area contributed by atoms with Gasteiger partial charge in [-0.3, -0.25) is 10.1 Å². The van der Waals surface area contributed by atoms with Gasteiger partial charge in [0.05, 0.1) is 10.7 Å². The molecule has 4 nitrogen and oxygen atoms in total. The van der Waals surface area contributed by atoms with Crippen molar-refractivity contribution >= 4 is 33.7 Å². The minimum absolute atomic E-state index is 0.112. The highest BCUT2D eigenvalue weighted by Crippen LogP contribution is 2.26. The first-order valence-electron chi connectivity index (χ1n) is 5.68. The predicted octanol–water partition coefficient (Wildman–Crippen LogP) is 3.59. The third-order valence-corrected chi connectivity index (χ3v) is 4.17. The fourth-order valence-corrected chi connectivity index (χ4v) is 3.19. The smallest absolute Gasteiger partial charge is 0.269 e. The number of anilines is 1. The SMILES string of the molecule is Cc1cnc(NC(=O)c2sc(C)nc2C(C)C)s1. The number of carbonyl (C=O) groups excluding carboxylic acids is 1. The minimum atomic E-state index is -0.112. The topological polar surface area (TPSA) is 54.9 Å². The Kier molecular flexibility index (Phi) is 3.77. The average molecular weight is 281 g/mol. The van der Waals surface area contributed by atoms with Crippen LogP contribution in [0.2, 0.25) is 0 Å². The highest BCUT2D eigenvalue weighted by atomic mass is 32.1. The molecule has 0 atom stereocenters. The Bertz CT molecular complexity index is 572. The van der Waals surface area contributed by atoms with Crippen molar-refractivity contribution in [2.24, 2.45) is 0 Å². The molecule has 0 aliphatic carbocycles. The molecular formula is C12H15N3OS2. The highest BCUT2D eigenvalue weighted by molar-refractivity contribution is 7.16. The molecule has 0 unspecified atom stereocenters. The van der Waals surface area contributed by atoms with E-state index in [1.165, 1.54) is 22.7 Å². The molecule has 0 saturated heterocycles. The fraction of sp³-hybridized carbons (Fsp3) is 0.417. The van der Waals surface area contributed by atoms with Crippen molar-refractivity contribution in [1.29, 1.82) is 0 Å². The normalized spacial score (nSPS) is 10.9. The van der Waals surface area contributed by atoms with Crippen LogP contribution in [-0.4, -0.2) is 15.9 Å². The van der Waals surface area contributed by atoms with Crippen LogP contribution in [0.15, 0.2) is 6.20 Å². The van der Waals surface area contributed by atoms with Crippen molar-refractivity contribution in [3.05, 3.63) is 26.7 Å². The number of aromatic nitrogens is 2. The molecule has 2 heterocycles. The molecule has 0 aliphatic heterocycles. The van der Waals surface area contributed by atoms with E-state index in [1.807, 2.05) is 27.7 Å². The Morgan fingerprint density at radius 3 is 2.61 bits per heavy atom.